The molecule has 6 heteroatoms. The molecule has 2 aromatic rings. The molecule has 138 valence electrons. The number of halogens is 1. The number of nitrogens with one attached hydrogen (secondary N) is 2. The van der Waals surface area contributed by atoms with Gasteiger partial charge in [-0.3, -0.25) is 9.59 Å². The summed E-state index contributed by atoms with van der Waals surface area (Å²) in [4.78, 5) is 23.9. The fourth-order valence-corrected chi connectivity index (χ4v) is 2.50. The van der Waals surface area contributed by atoms with Crippen molar-refractivity contribution in [3.8, 4) is 5.75 Å². The highest BCUT2D eigenvalue weighted by atomic mass is 35.5. The highest BCUT2D eigenvalue weighted by Crippen LogP contribution is 2.25. The summed E-state index contributed by atoms with van der Waals surface area (Å²) in [5.74, 6) is 0.171. The average molecular weight is 375 g/mol. The summed E-state index contributed by atoms with van der Waals surface area (Å²) in [5, 5.41) is 6.25. The van der Waals surface area contributed by atoms with Crippen molar-refractivity contribution in [2.75, 3.05) is 11.9 Å². The second-order valence-electron chi connectivity index (χ2n) is 6.41. The topological polar surface area (TPSA) is 67.4 Å². The Kier molecular flexibility index (Phi) is 6.64. The molecule has 0 radical (unpaired) electrons. The van der Waals surface area contributed by atoms with Crippen LogP contribution >= 0.6 is 11.6 Å². The highest BCUT2D eigenvalue weighted by molar-refractivity contribution is 6.32. The van der Waals surface area contributed by atoms with Crippen molar-refractivity contribution in [2.45, 2.75) is 33.7 Å². The summed E-state index contributed by atoms with van der Waals surface area (Å²) >= 11 is 6.12. The molecule has 0 unspecified atom stereocenters. The zero-order chi connectivity index (χ0) is 19.3. The van der Waals surface area contributed by atoms with E-state index in [1.807, 2.05) is 27.7 Å². The minimum Gasteiger partial charge on any atom is -0.484 e. The van der Waals surface area contributed by atoms with Gasteiger partial charge in [-0.2, -0.15) is 0 Å². The van der Waals surface area contributed by atoms with Gasteiger partial charge in [0.05, 0.1) is 0 Å². The molecule has 26 heavy (non-hydrogen) atoms. The zero-order valence-electron chi connectivity index (χ0n) is 15.4. The lowest BCUT2D eigenvalue weighted by molar-refractivity contribution is -0.118. The first-order valence-corrected chi connectivity index (χ1v) is 8.74. The number of hydrogen-bond donors (Lipinski definition) is 2. The monoisotopic (exact) mass is 374 g/mol. The smallest absolute Gasteiger partial charge is 0.262 e. The number of rotatable bonds is 6. The van der Waals surface area contributed by atoms with Crippen molar-refractivity contribution in [3.63, 3.8) is 0 Å². The van der Waals surface area contributed by atoms with E-state index < -0.39 is 0 Å². The van der Waals surface area contributed by atoms with E-state index in [-0.39, 0.29) is 24.5 Å². The van der Waals surface area contributed by atoms with Gasteiger partial charge in [0.15, 0.2) is 6.61 Å². The van der Waals surface area contributed by atoms with Crippen LogP contribution in [-0.2, 0) is 4.79 Å². The standard InChI is InChI=1S/C20H23ClN2O3/c1-12(2)22-20(25)15-5-7-16(8-6-15)23-18(24)11-26-17-9-13(3)19(21)14(4)10-17/h5-10,12H,11H2,1-4H3,(H,22,25)(H,23,24). The van der Waals surface area contributed by atoms with E-state index in [1.54, 1.807) is 36.4 Å². The van der Waals surface area contributed by atoms with Crippen molar-refractivity contribution in [3.05, 3.63) is 58.1 Å². The second kappa shape index (κ2) is 8.72. The molecule has 0 aliphatic rings. The molecule has 0 atom stereocenters. The largest absolute Gasteiger partial charge is 0.484 e. The van der Waals surface area contributed by atoms with Gasteiger partial charge in [-0.1, -0.05) is 11.6 Å². The van der Waals surface area contributed by atoms with Crippen LogP contribution < -0.4 is 15.4 Å². The number of anilines is 1. The molecule has 2 amide bonds. The molecule has 0 heterocycles. The Morgan fingerprint density at radius 2 is 1.65 bits per heavy atom. The first-order valence-electron chi connectivity index (χ1n) is 8.36. The van der Waals surface area contributed by atoms with Gasteiger partial charge in [0.2, 0.25) is 0 Å². The maximum Gasteiger partial charge on any atom is 0.262 e. The van der Waals surface area contributed by atoms with Crippen LogP contribution in [0.5, 0.6) is 5.75 Å². The quantitative estimate of drug-likeness (QED) is 0.799. The normalized spacial score (nSPS) is 10.5. The van der Waals surface area contributed by atoms with Crippen molar-refractivity contribution < 1.29 is 14.3 Å². The summed E-state index contributed by atoms with van der Waals surface area (Å²) < 4.78 is 5.53. The fraction of sp³-hybridized carbons (Fsp3) is 0.300. The summed E-state index contributed by atoms with van der Waals surface area (Å²) in [6, 6.07) is 10.4. The van der Waals surface area contributed by atoms with E-state index in [9.17, 15) is 9.59 Å². The van der Waals surface area contributed by atoms with Crippen LogP contribution in [0.4, 0.5) is 5.69 Å². The van der Waals surface area contributed by atoms with Gasteiger partial charge in [-0.15, -0.1) is 0 Å². The van der Waals surface area contributed by atoms with Crippen LogP contribution in [0.25, 0.3) is 0 Å². The van der Waals surface area contributed by atoms with Gasteiger partial charge in [0.1, 0.15) is 5.75 Å². The lowest BCUT2D eigenvalue weighted by Gasteiger charge is -2.11. The Bertz CT molecular complexity index is 778. The van der Waals surface area contributed by atoms with Crippen LogP contribution in [0.1, 0.15) is 35.3 Å². The number of ether oxygens (including phenoxy) is 1. The van der Waals surface area contributed by atoms with Crippen molar-refractivity contribution in [1.29, 1.82) is 0 Å². The highest BCUT2D eigenvalue weighted by Gasteiger charge is 2.09. The molecule has 0 aromatic heterocycles. The van der Waals surface area contributed by atoms with E-state index in [0.29, 0.717) is 22.0 Å². The van der Waals surface area contributed by atoms with Gasteiger partial charge in [0.25, 0.3) is 11.8 Å². The Balaban J connectivity index is 1.91. The van der Waals surface area contributed by atoms with E-state index in [1.165, 1.54) is 0 Å². The number of hydrogen-bond acceptors (Lipinski definition) is 3. The Morgan fingerprint density at radius 1 is 1.08 bits per heavy atom. The molecule has 0 saturated heterocycles. The molecule has 0 fully saturated rings. The van der Waals surface area contributed by atoms with Gasteiger partial charge < -0.3 is 15.4 Å². The molecule has 0 bridgehead atoms. The summed E-state index contributed by atoms with van der Waals surface area (Å²) in [5.41, 5.74) is 2.94. The number of carbonyl (C=O) groups excluding carboxylic acids is 2. The predicted octanol–water partition coefficient (Wildman–Crippen LogP) is 4.11. The molecule has 2 aromatic carbocycles. The van der Waals surface area contributed by atoms with Crippen LogP contribution in [0, 0.1) is 13.8 Å². The minimum atomic E-state index is -0.283. The Morgan fingerprint density at radius 3 is 2.19 bits per heavy atom. The van der Waals surface area contributed by atoms with Crippen LogP contribution in [-0.4, -0.2) is 24.5 Å². The summed E-state index contributed by atoms with van der Waals surface area (Å²) in [6.07, 6.45) is 0. The van der Waals surface area contributed by atoms with Crippen molar-refractivity contribution >= 4 is 29.1 Å². The number of benzene rings is 2. The lowest BCUT2D eigenvalue weighted by Crippen LogP contribution is -2.30. The molecule has 0 aliphatic heterocycles. The maximum atomic E-state index is 12.0. The van der Waals surface area contributed by atoms with Crippen molar-refractivity contribution in [2.24, 2.45) is 0 Å². The molecule has 0 saturated carbocycles. The molecule has 5 nitrogen and oxygen atoms in total. The van der Waals surface area contributed by atoms with Gasteiger partial charge in [0, 0.05) is 22.3 Å². The molecule has 0 spiro atoms. The number of aryl methyl sites for hydroxylation is 2. The molecule has 2 N–H and O–H groups in total. The van der Waals surface area contributed by atoms with Gasteiger partial charge >= 0.3 is 0 Å². The summed E-state index contributed by atoms with van der Waals surface area (Å²) in [6.45, 7) is 7.46. The Labute approximate surface area is 158 Å². The number of carbonyl (C=O) groups is 2. The molecular formula is C20H23ClN2O3. The molecular weight excluding hydrogens is 352 g/mol. The van der Waals surface area contributed by atoms with E-state index in [4.69, 9.17) is 16.3 Å². The van der Waals surface area contributed by atoms with Crippen LogP contribution in [0.15, 0.2) is 36.4 Å². The summed E-state index contributed by atoms with van der Waals surface area (Å²) in [7, 11) is 0. The third-order valence-corrected chi connectivity index (χ3v) is 4.23. The first kappa shape index (κ1) is 19.8. The third-order valence-electron chi connectivity index (χ3n) is 3.63. The third kappa shape index (κ3) is 5.49. The van der Waals surface area contributed by atoms with Gasteiger partial charge in [-0.05, 0) is 75.2 Å². The SMILES string of the molecule is Cc1cc(OCC(=O)Nc2ccc(C(=O)NC(C)C)cc2)cc(C)c1Cl. The zero-order valence-corrected chi connectivity index (χ0v) is 16.1. The lowest BCUT2D eigenvalue weighted by atomic mass is 10.1. The minimum absolute atomic E-state index is 0.0687. The molecule has 2 rings (SSSR count). The van der Waals surface area contributed by atoms with E-state index in [2.05, 4.69) is 10.6 Å². The van der Waals surface area contributed by atoms with E-state index >= 15 is 0 Å². The number of amides is 2. The van der Waals surface area contributed by atoms with Crippen LogP contribution in [0.3, 0.4) is 0 Å². The maximum absolute atomic E-state index is 12.0. The predicted molar refractivity (Wildman–Crippen MR) is 104 cm³/mol. The van der Waals surface area contributed by atoms with Crippen molar-refractivity contribution in [1.82, 2.24) is 5.32 Å². The Hall–Kier alpha value is -2.53. The van der Waals surface area contributed by atoms with E-state index in [0.717, 1.165) is 11.1 Å². The second-order valence-corrected chi connectivity index (χ2v) is 6.79. The fourth-order valence-electron chi connectivity index (χ4n) is 2.39. The molecule has 0 aliphatic carbocycles. The first-order chi connectivity index (χ1) is 12.3. The average Bonchev–Trinajstić information content (AvgIpc) is 2.57. The van der Waals surface area contributed by atoms with Gasteiger partial charge in [-0.25, -0.2) is 0 Å². The van der Waals surface area contributed by atoms with Crippen LogP contribution in [0.2, 0.25) is 5.02 Å².